The van der Waals surface area contributed by atoms with Crippen molar-refractivity contribution in [2.24, 2.45) is 9.98 Å². The summed E-state index contributed by atoms with van der Waals surface area (Å²) in [5.41, 5.74) is 0. The van der Waals surface area contributed by atoms with Gasteiger partial charge in [-0.25, -0.2) is 9.98 Å². The van der Waals surface area contributed by atoms with E-state index in [0.717, 1.165) is 39.0 Å². The van der Waals surface area contributed by atoms with Crippen LogP contribution in [0.4, 0.5) is 0 Å². The number of rotatable bonds is 12. The van der Waals surface area contributed by atoms with Crippen LogP contribution in [0.1, 0.15) is 39.5 Å². The largest absolute Gasteiger partial charge is 0.306 e. The van der Waals surface area contributed by atoms with E-state index in [2.05, 4.69) is 53.7 Å². The summed E-state index contributed by atoms with van der Waals surface area (Å²) >= 11 is 0. The Labute approximate surface area is 119 Å². The quantitative estimate of drug-likeness (QED) is 0.402. The van der Waals surface area contributed by atoms with Crippen LogP contribution in [0.5, 0.6) is 0 Å². The van der Waals surface area contributed by atoms with Crippen molar-refractivity contribution in [2.75, 3.05) is 53.4 Å². The molecule has 0 atom stereocenters. The first-order valence-electron chi connectivity index (χ1n) is 7.65. The summed E-state index contributed by atoms with van der Waals surface area (Å²) < 4.78 is 0. The fourth-order valence-corrected chi connectivity index (χ4v) is 1.98. The van der Waals surface area contributed by atoms with Gasteiger partial charge in [-0.05, 0) is 66.0 Å². The molecule has 0 amide bonds. The number of aliphatic imine (C=N–C) groups is 2. The molecule has 0 N–H and O–H groups in total. The third-order valence-corrected chi connectivity index (χ3v) is 2.97. The number of hydrogen-bond acceptors (Lipinski definition) is 4. The van der Waals surface area contributed by atoms with Gasteiger partial charge >= 0.3 is 0 Å². The second-order valence-electron chi connectivity index (χ2n) is 5.18. The van der Waals surface area contributed by atoms with Gasteiger partial charge in [0, 0.05) is 0 Å². The Morgan fingerprint density at radius 3 is 1.53 bits per heavy atom. The Morgan fingerprint density at radius 2 is 1.16 bits per heavy atom. The topological polar surface area (TPSA) is 31.2 Å². The van der Waals surface area contributed by atoms with Crippen LogP contribution in [0.25, 0.3) is 0 Å². The standard InChI is InChI=1S/C15H32N4/c1-5-11-18(3)13-7-9-16-15-17-10-8-14-19(4)12-6-2/h5-14H2,1-4H3. The lowest BCUT2D eigenvalue weighted by Gasteiger charge is -2.13. The second kappa shape index (κ2) is 13.7. The van der Waals surface area contributed by atoms with Gasteiger partial charge in [-0.2, -0.15) is 0 Å². The summed E-state index contributed by atoms with van der Waals surface area (Å²) in [6.45, 7) is 10.7. The van der Waals surface area contributed by atoms with Crippen molar-refractivity contribution in [1.29, 1.82) is 0 Å². The molecule has 112 valence electrons. The van der Waals surface area contributed by atoms with E-state index in [0.29, 0.717) is 0 Å². The van der Waals surface area contributed by atoms with E-state index in [1.54, 1.807) is 0 Å². The monoisotopic (exact) mass is 268 g/mol. The first-order chi connectivity index (χ1) is 9.20. The van der Waals surface area contributed by atoms with Crippen molar-refractivity contribution in [3.05, 3.63) is 0 Å². The molecule has 0 aromatic rings. The molecule has 4 nitrogen and oxygen atoms in total. The summed E-state index contributed by atoms with van der Waals surface area (Å²) in [5.74, 6) is 0. The smallest absolute Gasteiger partial charge is 0.0892 e. The highest BCUT2D eigenvalue weighted by molar-refractivity contribution is 5.40. The van der Waals surface area contributed by atoms with Crippen LogP contribution in [0.15, 0.2) is 9.98 Å². The van der Waals surface area contributed by atoms with E-state index in [4.69, 9.17) is 0 Å². The Balaban J connectivity index is 3.42. The van der Waals surface area contributed by atoms with E-state index in [1.807, 2.05) is 0 Å². The summed E-state index contributed by atoms with van der Waals surface area (Å²) in [6.07, 6.45) is 4.62. The Bertz CT molecular complexity index is 225. The van der Waals surface area contributed by atoms with Crippen LogP contribution in [0.2, 0.25) is 0 Å². The molecule has 0 bridgehead atoms. The number of nitrogens with zero attached hydrogens (tertiary/aromatic N) is 4. The highest BCUT2D eigenvalue weighted by atomic mass is 15.1. The average molecular weight is 268 g/mol. The summed E-state index contributed by atoms with van der Waals surface area (Å²) in [6, 6.07) is 2.81. The molecule has 0 aliphatic heterocycles. The third-order valence-electron chi connectivity index (χ3n) is 2.97. The minimum absolute atomic E-state index is 0.841. The van der Waals surface area contributed by atoms with Crippen LogP contribution >= 0.6 is 0 Å². The average Bonchev–Trinajstić information content (AvgIpc) is 2.37. The highest BCUT2D eigenvalue weighted by Crippen LogP contribution is 1.91. The minimum atomic E-state index is 0.841. The van der Waals surface area contributed by atoms with Crippen LogP contribution in [-0.2, 0) is 0 Å². The van der Waals surface area contributed by atoms with Crippen molar-refractivity contribution in [3.63, 3.8) is 0 Å². The van der Waals surface area contributed by atoms with Gasteiger partial charge < -0.3 is 9.80 Å². The van der Waals surface area contributed by atoms with E-state index in [9.17, 15) is 0 Å². The Morgan fingerprint density at radius 1 is 0.737 bits per heavy atom. The molecule has 0 rings (SSSR count). The molecule has 19 heavy (non-hydrogen) atoms. The zero-order valence-corrected chi connectivity index (χ0v) is 13.4. The van der Waals surface area contributed by atoms with E-state index in [1.165, 1.54) is 25.9 Å². The third kappa shape index (κ3) is 13.5. The molecule has 0 fully saturated rings. The zero-order chi connectivity index (χ0) is 14.3. The summed E-state index contributed by atoms with van der Waals surface area (Å²) in [7, 11) is 4.32. The lowest BCUT2D eigenvalue weighted by Crippen LogP contribution is -2.20. The molecule has 0 saturated heterocycles. The van der Waals surface area contributed by atoms with Gasteiger partial charge in [-0.15, -0.1) is 0 Å². The van der Waals surface area contributed by atoms with Crippen LogP contribution in [0.3, 0.4) is 0 Å². The van der Waals surface area contributed by atoms with Crippen molar-refractivity contribution in [2.45, 2.75) is 39.5 Å². The molecule has 0 aliphatic carbocycles. The maximum Gasteiger partial charge on any atom is 0.0892 e. The first kappa shape index (κ1) is 18.3. The molecule has 0 saturated carbocycles. The van der Waals surface area contributed by atoms with Gasteiger partial charge in [-0.3, -0.25) is 0 Å². The SMILES string of the molecule is CCCN(C)CCCN=C=NCCCN(C)CCC. The molecule has 0 radical (unpaired) electrons. The lowest BCUT2D eigenvalue weighted by atomic mass is 10.3. The van der Waals surface area contributed by atoms with Crippen LogP contribution in [-0.4, -0.2) is 69.2 Å². The highest BCUT2D eigenvalue weighted by Gasteiger charge is 1.95. The predicted octanol–water partition coefficient (Wildman–Crippen LogP) is 2.62. The first-order valence-corrected chi connectivity index (χ1v) is 7.65. The molecule has 0 unspecified atom stereocenters. The van der Waals surface area contributed by atoms with Crippen molar-refractivity contribution in [3.8, 4) is 0 Å². The Kier molecular flexibility index (Phi) is 13.2. The molecular weight excluding hydrogens is 236 g/mol. The van der Waals surface area contributed by atoms with Crippen molar-refractivity contribution in [1.82, 2.24) is 9.80 Å². The van der Waals surface area contributed by atoms with Gasteiger partial charge in [0.1, 0.15) is 0 Å². The fourth-order valence-electron chi connectivity index (χ4n) is 1.98. The molecule has 0 aliphatic rings. The van der Waals surface area contributed by atoms with Gasteiger partial charge in [-0.1, -0.05) is 13.8 Å². The van der Waals surface area contributed by atoms with Gasteiger partial charge in [0.25, 0.3) is 0 Å². The Hall–Kier alpha value is -0.700. The molecule has 4 heteroatoms. The fraction of sp³-hybridized carbons (Fsp3) is 0.933. The van der Waals surface area contributed by atoms with Gasteiger partial charge in [0.05, 0.1) is 19.1 Å². The van der Waals surface area contributed by atoms with Crippen molar-refractivity contribution >= 4 is 6.01 Å². The summed E-state index contributed by atoms with van der Waals surface area (Å²) in [5, 5.41) is 0. The van der Waals surface area contributed by atoms with Gasteiger partial charge in [0.2, 0.25) is 0 Å². The number of hydrogen-bond donors (Lipinski definition) is 0. The predicted molar refractivity (Wildman–Crippen MR) is 84.4 cm³/mol. The molecule has 0 spiro atoms. The lowest BCUT2D eigenvalue weighted by molar-refractivity contribution is 0.332. The maximum atomic E-state index is 4.20. The van der Waals surface area contributed by atoms with E-state index < -0.39 is 0 Å². The van der Waals surface area contributed by atoms with E-state index >= 15 is 0 Å². The normalized spacial score (nSPS) is 10.8. The van der Waals surface area contributed by atoms with Crippen LogP contribution < -0.4 is 0 Å². The van der Waals surface area contributed by atoms with Gasteiger partial charge in [0.15, 0.2) is 0 Å². The molecule has 0 aromatic heterocycles. The van der Waals surface area contributed by atoms with Crippen LogP contribution in [0, 0.1) is 0 Å². The zero-order valence-electron chi connectivity index (χ0n) is 13.4. The molecule has 0 aromatic carbocycles. The van der Waals surface area contributed by atoms with E-state index in [-0.39, 0.29) is 0 Å². The molecular formula is C15H32N4. The molecule has 0 heterocycles. The van der Waals surface area contributed by atoms with Crippen molar-refractivity contribution < 1.29 is 0 Å². The summed E-state index contributed by atoms with van der Waals surface area (Å²) in [4.78, 5) is 13.1. The maximum absolute atomic E-state index is 4.20. The second-order valence-corrected chi connectivity index (χ2v) is 5.18. The minimum Gasteiger partial charge on any atom is -0.306 e.